The number of rotatable bonds is 11. The minimum Gasteiger partial charge on any atom is -0.479 e. The summed E-state index contributed by atoms with van der Waals surface area (Å²) in [7, 11) is 0. The van der Waals surface area contributed by atoms with Crippen LogP contribution in [0.2, 0.25) is 5.28 Å². The largest absolute Gasteiger partial charge is 0.479 e. The van der Waals surface area contributed by atoms with Crippen molar-refractivity contribution in [1.29, 1.82) is 0 Å². The summed E-state index contributed by atoms with van der Waals surface area (Å²) in [5.74, 6) is -1.76. The molecule has 1 fully saturated rings. The van der Waals surface area contributed by atoms with Gasteiger partial charge in [-0.05, 0) is 34.9 Å². The predicted octanol–water partition coefficient (Wildman–Crippen LogP) is -0.327. The summed E-state index contributed by atoms with van der Waals surface area (Å²) in [5, 5.41) is 51.3. The Morgan fingerprint density at radius 3 is 2.52 bits per heavy atom. The lowest BCUT2D eigenvalue weighted by Crippen LogP contribution is -2.55. The first-order chi connectivity index (χ1) is 21.9. The molecule has 4 aromatic rings. The monoisotopic (exact) mass is 654 g/mol. The van der Waals surface area contributed by atoms with Crippen LogP contribution in [-0.2, 0) is 32.0 Å². The van der Waals surface area contributed by atoms with Crippen molar-refractivity contribution in [2.75, 3.05) is 18.9 Å². The molecular weight excluding hydrogens is 628 g/mol. The number of halogens is 1. The molecule has 0 spiro atoms. The van der Waals surface area contributed by atoms with E-state index in [0.29, 0.717) is 11.1 Å². The number of nitrogens with zero attached hydrogens (tertiary/aromatic N) is 5. The molecule has 0 bridgehead atoms. The van der Waals surface area contributed by atoms with Crippen LogP contribution in [0.25, 0.3) is 22.3 Å². The second kappa shape index (κ2) is 12.5. The van der Waals surface area contributed by atoms with E-state index in [1.807, 2.05) is 5.92 Å². The van der Waals surface area contributed by atoms with Crippen molar-refractivity contribution in [2.24, 2.45) is 0 Å². The number of carboxylic acids is 2. The number of hydrogen-bond donors (Lipinski definition) is 6. The number of fused-ring (bicyclic) bond motifs is 1. The number of ether oxygens (including phenoxy) is 2. The van der Waals surface area contributed by atoms with Gasteiger partial charge in [0.15, 0.2) is 23.3 Å². The molecule has 3 aromatic heterocycles. The summed E-state index contributed by atoms with van der Waals surface area (Å²) in [6, 6.07) is 9.11. The van der Waals surface area contributed by atoms with Gasteiger partial charge < -0.3 is 45.3 Å². The van der Waals surface area contributed by atoms with Gasteiger partial charge in [-0.3, -0.25) is 9.36 Å². The maximum Gasteiger partial charge on any atom is 0.348 e. The van der Waals surface area contributed by atoms with Gasteiger partial charge in [-0.15, -0.1) is 6.42 Å². The molecule has 0 amide bonds. The Labute approximate surface area is 264 Å². The zero-order chi connectivity index (χ0) is 33.4. The van der Waals surface area contributed by atoms with Gasteiger partial charge in [0.1, 0.15) is 17.7 Å². The lowest BCUT2D eigenvalue weighted by Gasteiger charge is -2.30. The number of imidazole rings is 1. The number of terminal acetylenes is 1. The standard InChI is InChI=1S/C29H27ClN6O10/c1-2-28(44)18(46-24(20(28)38)36-14-32-19-21(31)33-27(30)34-22(19)36)13-45-29(25(40)41,26(42)43)12-15-5-7-16(8-6-15)17-4-3-9-35(10-11-37)23(17)39/h1,3-9,14,18,20,24,37-38,44H,10-13H2,(H,40,41)(H,42,43)(H2,31,33,34)/t18-,20+,24-,28-/m1/s1. The van der Waals surface area contributed by atoms with E-state index in [1.54, 1.807) is 12.1 Å². The molecule has 1 aliphatic heterocycles. The highest BCUT2D eigenvalue weighted by Gasteiger charge is 2.58. The van der Waals surface area contributed by atoms with Gasteiger partial charge in [-0.25, -0.2) is 14.6 Å². The number of nitrogen functional groups attached to an aromatic ring is 1. The van der Waals surface area contributed by atoms with E-state index < -0.39 is 54.6 Å². The van der Waals surface area contributed by atoms with Crippen LogP contribution in [0.5, 0.6) is 0 Å². The molecule has 4 heterocycles. The summed E-state index contributed by atoms with van der Waals surface area (Å²) >= 11 is 5.92. The number of aliphatic hydroxyl groups is 3. The van der Waals surface area contributed by atoms with Crippen molar-refractivity contribution in [3.8, 4) is 23.5 Å². The number of benzene rings is 1. The average Bonchev–Trinajstić information content (AvgIpc) is 3.55. The zero-order valence-electron chi connectivity index (χ0n) is 23.7. The number of nitrogens with two attached hydrogens (primary N) is 1. The summed E-state index contributed by atoms with van der Waals surface area (Å²) in [4.78, 5) is 49.5. The fourth-order valence-corrected chi connectivity index (χ4v) is 5.35. The van der Waals surface area contributed by atoms with Crippen LogP contribution in [0.3, 0.4) is 0 Å². The molecule has 16 nitrogen and oxygen atoms in total. The third-order valence-electron chi connectivity index (χ3n) is 7.69. The number of aromatic nitrogens is 5. The zero-order valence-corrected chi connectivity index (χ0v) is 24.5. The number of aliphatic carboxylic acids is 2. The summed E-state index contributed by atoms with van der Waals surface area (Å²) < 4.78 is 13.8. The lowest BCUT2D eigenvalue weighted by atomic mass is 9.91. The van der Waals surface area contributed by atoms with Gasteiger partial charge in [0.25, 0.3) is 11.2 Å². The number of hydrogen-bond acceptors (Lipinski definition) is 12. The average molecular weight is 655 g/mol. The Morgan fingerprint density at radius 1 is 1.20 bits per heavy atom. The van der Waals surface area contributed by atoms with Crippen molar-refractivity contribution in [3.05, 3.63) is 70.1 Å². The maximum absolute atomic E-state index is 12.7. The van der Waals surface area contributed by atoms with Crippen LogP contribution in [0, 0.1) is 12.3 Å². The molecule has 1 aliphatic rings. The second-order valence-corrected chi connectivity index (χ2v) is 10.7. The molecule has 17 heteroatoms. The van der Waals surface area contributed by atoms with E-state index in [2.05, 4.69) is 15.0 Å². The number of pyridine rings is 1. The van der Waals surface area contributed by atoms with E-state index >= 15 is 0 Å². The Kier molecular flexibility index (Phi) is 8.82. The molecule has 4 atom stereocenters. The number of aliphatic hydroxyl groups excluding tert-OH is 2. The third kappa shape index (κ3) is 5.56. The van der Waals surface area contributed by atoms with Crippen molar-refractivity contribution < 1.29 is 44.6 Å². The Balaban J connectivity index is 1.40. The molecular formula is C29H27ClN6O10. The molecule has 240 valence electrons. The van der Waals surface area contributed by atoms with Crippen molar-refractivity contribution >= 4 is 40.5 Å². The predicted molar refractivity (Wildman–Crippen MR) is 159 cm³/mol. The molecule has 0 saturated carbocycles. The number of carboxylic acid groups (broad SMARTS) is 2. The van der Waals surface area contributed by atoms with Gasteiger partial charge in [0, 0.05) is 24.7 Å². The van der Waals surface area contributed by atoms with Crippen LogP contribution >= 0.6 is 11.6 Å². The van der Waals surface area contributed by atoms with Crippen LogP contribution in [0.15, 0.2) is 53.7 Å². The van der Waals surface area contributed by atoms with Gasteiger partial charge in [-0.2, -0.15) is 9.97 Å². The minimum atomic E-state index is -2.89. The maximum atomic E-state index is 12.7. The molecule has 0 aliphatic carbocycles. The minimum absolute atomic E-state index is 0.0270. The number of carbonyl (C=O) groups is 2. The SMILES string of the molecule is C#C[C@@]1(O)[C@@H](COC(Cc2ccc(-c3cccn(CCO)c3=O)cc2)(C(=O)O)C(=O)O)O[C@@H](n2cnc3c(N)nc(Cl)nc32)[C@@H]1O. The fraction of sp³-hybridized carbons (Fsp3) is 0.310. The topological polar surface area (TPSA) is 245 Å². The molecule has 0 radical (unpaired) electrons. The fourth-order valence-electron chi connectivity index (χ4n) is 5.18. The van der Waals surface area contributed by atoms with Gasteiger partial charge in [-0.1, -0.05) is 30.2 Å². The molecule has 1 aromatic carbocycles. The van der Waals surface area contributed by atoms with Crippen molar-refractivity contribution in [1.82, 2.24) is 24.1 Å². The highest BCUT2D eigenvalue weighted by molar-refractivity contribution is 6.28. The molecule has 0 unspecified atom stereocenters. The molecule has 46 heavy (non-hydrogen) atoms. The van der Waals surface area contributed by atoms with Gasteiger partial charge in [0.2, 0.25) is 5.28 Å². The summed E-state index contributed by atoms with van der Waals surface area (Å²) in [6.07, 6.45) is 2.63. The highest BCUT2D eigenvalue weighted by Crippen LogP contribution is 2.39. The first-order valence-corrected chi connectivity index (χ1v) is 13.9. The number of anilines is 1. The van der Waals surface area contributed by atoms with E-state index in [0.717, 1.165) is 0 Å². The van der Waals surface area contributed by atoms with E-state index in [4.69, 9.17) is 33.2 Å². The van der Waals surface area contributed by atoms with Crippen molar-refractivity contribution in [3.63, 3.8) is 0 Å². The van der Waals surface area contributed by atoms with Crippen molar-refractivity contribution in [2.45, 2.75) is 42.6 Å². The second-order valence-electron chi connectivity index (χ2n) is 10.4. The van der Waals surface area contributed by atoms with E-state index in [-0.39, 0.29) is 46.5 Å². The molecule has 1 saturated heterocycles. The van der Waals surface area contributed by atoms with Crippen LogP contribution in [0.1, 0.15) is 11.8 Å². The van der Waals surface area contributed by atoms with Crippen LogP contribution in [-0.4, -0.2) is 98.2 Å². The first-order valence-electron chi connectivity index (χ1n) is 13.6. The first kappa shape index (κ1) is 32.5. The van der Waals surface area contributed by atoms with Gasteiger partial charge >= 0.3 is 11.9 Å². The normalized spacial score (nSPS) is 21.3. The van der Waals surface area contributed by atoms with Crippen LogP contribution < -0.4 is 11.3 Å². The molecule has 7 N–H and O–H groups in total. The Hall–Kier alpha value is -4.89. The quantitative estimate of drug-likeness (QED) is 0.0689. The smallest absolute Gasteiger partial charge is 0.348 e. The van der Waals surface area contributed by atoms with E-state index in [9.17, 15) is 39.9 Å². The Morgan fingerprint density at radius 2 is 1.89 bits per heavy atom. The third-order valence-corrected chi connectivity index (χ3v) is 7.86. The van der Waals surface area contributed by atoms with Gasteiger partial charge in [0.05, 0.1) is 19.5 Å². The summed E-state index contributed by atoms with van der Waals surface area (Å²) in [5.41, 5.74) is 1.24. The molecule has 5 rings (SSSR count). The highest BCUT2D eigenvalue weighted by atomic mass is 35.5. The van der Waals surface area contributed by atoms with Crippen LogP contribution in [0.4, 0.5) is 5.82 Å². The lowest BCUT2D eigenvalue weighted by molar-refractivity contribution is -0.191. The van der Waals surface area contributed by atoms with E-state index in [1.165, 1.54) is 45.9 Å². The summed E-state index contributed by atoms with van der Waals surface area (Å²) in [6.45, 7) is -1.03. The Bertz CT molecular complexity index is 1890.